The number of carboxylic acids is 1. The molecular formula is C12H12N2O3. The fourth-order valence-corrected chi connectivity index (χ4v) is 1.70. The van der Waals surface area contributed by atoms with E-state index in [4.69, 9.17) is 15.3 Å². The van der Waals surface area contributed by atoms with Gasteiger partial charge in [-0.1, -0.05) is 25.1 Å². The molecule has 0 fully saturated rings. The summed E-state index contributed by atoms with van der Waals surface area (Å²) < 4.78 is 5.23. The Labute approximate surface area is 97.9 Å². The molecule has 0 bridgehead atoms. The van der Waals surface area contributed by atoms with E-state index >= 15 is 0 Å². The first-order chi connectivity index (χ1) is 8.13. The molecule has 2 rings (SSSR count). The lowest BCUT2D eigenvalue weighted by Gasteiger charge is -2.03. The van der Waals surface area contributed by atoms with Crippen molar-refractivity contribution >= 4 is 12.0 Å². The van der Waals surface area contributed by atoms with E-state index in [0.717, 1.165) is 0 Å². The van der Waals surface area contributed by atoms with E-state index in [1.165, 1.54) is 6.07 Å². The molecule has 0 radical (unpaired) electrons. The van der Waals surface area contributed by atoms with E-state index in [0.29, 0.717) is 23.4 Å². The van der Waals surface area contributed by atoms with Gasteiger partial charge in [0.25, 0.3) is 6.01 Å². The van der Waals surface area contributed by atoms with Gasteiger partial charge in [-0.15, -0.1) is 0 Å². The van der Waals surface area contributed by atoms with Crippen molar-refractivity contribution in [2.24, 2.45) is 0 Å². The third-order valence-corrected chi connectivity index (χ3v) is 2.45. The fourth-order valence-electron chi connectivity index (χ4n) is 1.70. The van der Waals surface area contributed by atoms with Gasteiger partial charge in [-0.2, -0.15) is 4.98 Å². The Hall–Kier alpha value is -2.30. The number of rotatable bonds is 3. The summed E-state index contributed by atoms with van der Waals surface area (Å²) in [5.41, 5.74) is 6.71. The number of benzene rings is 1. The quantitative estimate of drug-likeness (QED) is 0.846. The molecule has 1 aromatic heterocycles. The predicted octanol–water partition coefficient (Wildman–Crippen LogP) is 2.18. The zero-order valence-corrected chi connectivity index (χ0v) is 9.30. The van der Waals surface area contributed by atoms with Crippen LogP contribution in [0.5, 0.6) is 0 Å². The maximum atomic E-state index is 11.1. The number of nitrogens with zero attached hydrogens (tertiary/aromatic N) is 1. The number of nitrogens with two attached hydrogens (primary N) is 1. The first-order valence-electron chi connectivity index (χ1n) is 5.21. The summed E-state index contributed by atoms with van der Waals surface area (Å²) in [6, 6.07) is 6.70. The number of carbonyl (C=O) groups is 1. The van der Waals surface area contributed by atoms with Crippen LogP contribution in [0.2, 0.25) is 0 Å². The topological polar surface area (TPSA) is 89.4 Å². The lowest BCUT2D eigenvalue weighted by atomic mass is 10.0. The molecule has 0 aliphatic carbocycles. The molecule has 2 aromatic rings. The maximum Gasteiger partial charge on any atom is 0.336 e. The standard InChI is InChI=1S/C12H12N2O3/c1-2-9-10(14-12(13)17-9)7-5-3-4-6-8(7)11(15)16/h3-6H,2H2,1H3,(H2,13,14)(H,15,16). The van der Waals surface area contributed by atoms with Crippen LogP contribution in [0.4, 0.5) is 6.01 Å². The molecule has 0 atom stereocenters. The van der Waals surface area contributed by atoms with Crippen molar-refractivity contribution in [1.29, 1.82) is 0 Å². The van der Waals surface area contributed by atoms with Crippen molar-refractivity contribution in [2.45, 2.75) is 13.3 Å². The van der Waals surface area contributed by atoms with Crippen LogP contribution in [-0.2, 0) is 6.42 Å². The normalized spacial score (nSPS) is 10.4. The van der Waals surface area contributed by atoms with E-state index < -0.39 is 5.97 Å². The van der Waals surface area contributed by atoms with Crippen molar-refractivity contribution in [3.8, 4) is 11.3 Å². The van der Waals surface area contributed by atoms with Crippen LogP contribution in [0.15, 0.2) is 28.7 Å². The molecule has 5 heteroatoms. The molecule has 0 spiro atoms. The minimum absolute atomic E-state index is 0.0528. The lowest BCUT2D eigenvalue weighted by molar-refractivity contribution is 0.0697. The number of aromatic nitrogens is 1. The molecule has 3 N–H and O–H groups in total. The highest BCUT2D eigenvalue weighted by atomic mass is 16.4. The number of oxazole rings is 1. The molecule has 5 nitrogen and oxygen atoms in total. The van der Waals surface area contributed by atoms with Crippen LogP contribution in [0.3, 0.4) is 0 Å². The van der Waals surface area contributed by atoms with Crippen LogP contribution >= 0.6 is 0 Å². The fraction of sp³-hybridized carbons (Fsp3) is 0.167. The van der Waals surface area contributed by atoms with Crippen LogP contribution in [0.1, 0.15) is 23.0 Å². The highest BCUT2D eigenvalue weighted by molar-refractivity contribution is 5.95. The monoisotopic (exact) mass is 232 g/mol. The lowest BCUT2D eigenvalue weighted by Crippen LogP contribution is -2.00. The van der Waals surface area contributed by atoms with Gasteiger partial charge in [0.15, 0.2) is 0 Å². The van der Waals surface area contributed by atoms with Crippen molar-refractivity contribution in [1.82, 2.24) is 4.98 Å². The minimum Gasteiger partial charge on any atom is -0.478 e. The second-order valence-corrected chi connectivity index (χ2v) is 3.53. The van der Waals surface area contributed by atoms with Crippen LogP contribution in [-0.4, -0.2) is 16.1 Å². The van der Waals surface area contributed by atoms with E-state index in [1.54, 1.807) is 18.2 Å². The van der Waals surface area contributed by atoms with Crippen molar-refractivity contribution < 1.29 is 14.3 Å². The molecule has 0 unspecified atom stereocenters. The Morgan fingerprint density at radius 1 is 1.47 bits per heavy atom. The summed E-state index contributed by atoms with van der Waals surface area (Å²) in [4.78, 5) is 15.2. The Morgan fingerprint density at radius 2 is 2.18 bits per heavy atom. The van der Waals surface area contributed by atoms with Crippen LogP contribution in [0, 0.1) is 0 Å². The number of carboxylic acid groups (broad SMARTS) is 1. The Kier molecular flexibility index (Phi) is 2.82. The van der Waals surface area contributed by atoms with Gasteiger partial charge in [-0.05, 0) is 6.07 Å². The molecule has 0 saturated heterocycles. The van der Waals surface area contributed by atoms with Gasteiger partial charge in [-0.25, -0.2) is 4.79 Å². The van der Waals surface area contributed by atoms with E-state index in [1.807, 2.05) is 6.92 Å². The number of aryl methyl sites for hydroxylation is 1. The summed E-state index contributed by atoms with van der Waals surface area (Å²) in [6.45, 7) is 1.90. The third kappa shape index (κ3) is 1.99. The smallest absolute Gasteiger partial charge is 0.336 e. The Balaban J connectivity index is 2.63. The summed E-state index contributed by atoms with van der Waals surface area (Å²) >= 11 is 0. The van der Waals surface area contributed by atoms with Crippen molar-refractivity contribution in [2.75, 3.05) is 5.73 Å². The van der Waals surface area contributed by atoms with Crippen LogP contribution < -0.4 is 5.73 Å². The first-order valence-corrected chi connectivity index (χ1v) is 5.21. The van der Waals surface area contributed by atoms with E-state index in [-0.39, 0.29) is 11.6 Å². The molecular weight excluding hydrogens is 220 g/mol. The van der Waals surface area contributed by atoms with Gasteiger partial charge in [0.05, 0.1) is 5.56 Å². The molecule has 1 aromatic carbocycles. The van der Waals surface area contributed by atoms with Crippen molar-refractivity contribution in [3.63, 3.8) is 0 Å². The predicted molar refractivity (Wildman–Crippen MR) is 62.7 cm³/mol. The average Bonchev–Trinajstić information content (AvgIpc) is 2.70. The van der Waals surface area contributed by atoms with Gasteiger partial charge in [0.2, 0.25) is 0 Å². The van der Waals surface area contributed by atoms with E-state index in [9.17, 15) is 4.79 Å². The average molecular weight is 232 g/mol. The van der Waals surface area contributed by atoms with Crippen molar-refractivity contribution in [3.05, 3.63) is 35.6 Å². The Morgan fingerprint density at radius 3 is 2.82 bits per heavy atom. The molecule has 17 heavy (non-hydrogen) atoms. The molecule has 88 valence electrons. The number of nitrogen functional groups attached to an aromatic ring is 1. The summed E-state index contributed by atoms with van der Waals surface area (Å²) in [7, 11) is 0. The molecule has 1 heterocycles. The second-order valence-electron chi connectivity index (χ2n) is 3.53. The summed E-state index contributed by atoms with van der Waals surface area (Å²) in [5.74, 6) is -0.402. The zero-order chi connectivity index (χ0) is 12.4. The molecule has 0 saturated carbocycles. The second kappa shape index (κ2) is 4.29. The maximum absolute atomic E-state index is 11.1. The zero-order valence-electron chi connectivity index (χ0n) is 9.30. The highest BCUT2D eigenvalue weighted by Gasteiger charge is 2.18. The SMILES string of the molecule is CCc1oc(N)nc1-c1ccccc1C(=O)O. The number of hydrogen-bond acceptors (Lipinski definition) is 4. The third-order valence-electron chi connectivity index (χ3n) is 2.45. The van der Waals surface area contributed by atoms with Gasteiger partial charge < -0.3 is 15.3 Å². The largest absolute Gasteiger partial charge is 0.478 e. The van der Waals surface area contributed by atoms with Gasteiger partial charge in [0.1, 0.15) is 11.5 Å². The summed E-state index contributed by atoms with van der Waals surface area (Å²) in [6.07, 6.45) is 0.605. The van der Waals surface area contributed by atoms with Gasteiger partial charge in [0, 0.05) is 12.0 Å². The van der Waals surface area contributed by atoms with E-state index in [2.05, 4.69) is 4.98 Å². The van der Waals surface area contributed by atoms with Gasteiger partial charge >= 0.3 is 5.97 Å². The minimum atomic E-state index is -0.996. The number of anilines is 1. The van der Waals surface area contributed by atoms with Crippen LogP contribution in [0.25, 0.3) is 11.3 Å². The molecule has 0 aliphatic rings. The molecule has 0 amide bonds. The Bertz CT molecular complexity index is 561. The highest BCUT2D eigenvalue weighted by Crippen LogP contribution is 2.28. The summed E-state index contributed by atoms with van der Waals surface area (Å²) in [5, 5.41) is 9.11. The molecule has 0 aliphatic heterocycles. The van der Waals surface area contributed by atoms with Gasteiger partial charge in [-0.3, -0.25) is 0 Å². The number of hydrogen-bond donors (Lipinski definition) is 2. The first kappa shape index (κ1) is 11.2. The number of aromatic carboxylic acids is 1.